The molecule has 1 aliphatic rings. The maximum Gasteiger partial charge on any atom is 0.287 e. The normalized spacial score (nSPS) is 15.6. The van der Waals surface area contributed by atoms with Crippen molar-refractivity contribution in [1.29, 1.82) is 0 Å². The number of pyridine rings is 1. The predicted molar refractivity (Wildman–Crippen MR) is 86.5 cm³/mol. The van der Waals surface area contributed by atoms with E-state index in [1.54, 1.807) is 18.2 Å². The summed E-state index contributed by atoms with van der Waals surface area (Å²) in [6, 6.07) is 10.5. The summed E-state index contributed by atoms with van der Waals surface area (Å²) in [5, 5.41) is 20.2. The van der Waals surface area contributed by atoms with Gasteiger partial charge >= 0.3 is 0 Å². The lowest BCUT2D eigenvalue weighted by Gasteiger charge is -2.35. The average molecular weight is 314 g/mol. The maximum atomic E-state index is 10.7. The number of phenolic OH excluding ortho intramolecular Hbond substituents is 1. The zero-order chi connectivity index (χ0) is 16.2. The molecule has 120 valence electrons. The zero-order valence-electron chi connectivity index (χ0n) is 12.6. The number of nitro groups is 1. The Hall–Kier alpha value is -2.67. The van der Waals surface area contributed by atoms with Crippen LogP contribution in [0.3, 0.4) is 0 Å². The van der Waals surface area contributed by atoms with Crippen LogP contribution in [0.1, 0.15) is 5.56 Å². The molecule has 0 radical (unpaired) electrons. The molecule has 0 amide bonds. The Balaban J connectivity index is 1.56. The second-order valence-corrected chi connectivity index (χ2v) is 5.56. The SMILES string of the molecule is O=[N+]([O-])c1ccc(N2CCN(Cc3cccc(O)c3)CC2)nc1. The molecule has 1 fully saturated rings. The molecule has 0 unspecified atom stereocenters. The number of aromatic hydroxyl groups is 1. The van der Waals surface area contributed by atoms with Crippen molar-refractivity contribution >= 4 is 11.5 Å². The first-order valence-corrected chi connectivity index (χ1v) is 7.47. The van der Waals surface area contributed by atoms with E-state index in [2.05, 4.69) is 14.8 Å². The highest BCUT2D eigenvalue weighted by molar-refractivity contribution is 5.43. The van der Waals surface area contributed by atoms with Crippen LogP contribution in [0.5, 0.6) is 5.75 Å². The van der Waals surface area contributed by atoms with Gasteiger partial charge in [-0.1, -0.05) is 12.1 Å². The van der Waals surface area contributed by atoms with E-state index in [0.717, 1.165) is 44.1 Å². The predicted octanol–water partition coefficient (Wildman–Crippen LogP) is 2.02. The number of hydrogen-bond acceptors (Lipinski definition) is 6. The lowest BCUT2D eigenvalue weighted by atomic mass is 10.2. The van der Waals surface area contributed by atoms with Crippen molar-refractivity contribution in [3.05, 3.63) is 58.3 Å². The van der Waals surface area contributed by atoms with Crippen molar-refractivity contribution in [2.75, 3.05) is 31.1 Å². The largest absolute Gasteiger partial charge is 0.508 e. The van der Waals surface area contributed by atoms with Crippen LogP contribution in [0.2, 0.25) is 0 Å². The smallest absolute Gasteiger partial charge is 0.287 e. The van der Waals surface area contributed by atoms with Crippen LogP contribution in [-0.2, 0) is 6.54 Å². The van der Waals surface area contributed by atoms with Crippen LogP contribution in [-0.4, -0.2) is 46.1 Å². The van der Waals surface area contributed by atoms with Gasteiger partial charge in [-0.15, -0.1) is 0 Å². The van der Waals surface area contributed by atoms with Gasteiger partial charge in [0, 0.05) is 38.8 Å². The highest BCUT2D eigenvalue weighted by atomic mass is 16.6. The fourth-order valence-electron chi connectivity index (χ4n) is 2.72. The molecule has 1 saturated heterocycles. The summed E-state index contributed by atoms with van der Waals surface area (Å²) in [7, 11) is 0. The molecule has 1 aliphatic heterocycles. The van der Waals surface area contributed by atoms with Gasteiger partial charge in [0.1, 0.15) is 17.8 Å². The number of rotatable bonds is 4. The van der Waals surface area contributed by atoms with Gasteiger partial charge in [-0.2, -0.15) is 0 Å². The van der Waals surface area contributed by atoms with Crippen molar-refractivity contribution < 1.29 is 10.0 Å². The van der Waals surface area contributed by atoms with E-state index in [-0.39, 0.29) is 11.4 Å². The maximum absolute atomic E-state index is 10.7. The molecule has 0 bridgehead atoms. The summed E-state index contributed by atoms with van der Waals surface area (Å²) in [5.74, 6) is 1.06. The third kappa shape index (κ3) is 3.75. The highest BCUT2D eigenvalue weighted by Crippen LogP contribution is 2.19. The minimum Gasteiger partial charge on any atom is -0.508 e. The van der Waals surface area contributed by atoms with Crippen molar-refractivity contribution in [2.45, 2.75) is 6.54 Å². The van der Waals surface area contributed by atoms with E-state index in [9.17, 15) is 15.2 Å². The minimum absolute atomic E-state index is 0.0104. The molecule has 2 aromatic rings. The highest BCUT2D eigenvalue weighted by Gasteiger charge is 2.19. The zero-order valence-corrected chi connectivity index (χ0v) is 12.6. The first kappa shape index (κ1) is 15.2. The quantitative estimate of drug-likeness (QED) is 0.686. The fraction of sp³-hybridized carbons (Fsp3) is 0.312. The van der Waals surface area contributed by atoms with Crippen LogP contribution < -0.4 is 4.90 Å². The van der Waals surface area contributed by atoms with Crippen LogP contribution in [0.25, 0.3) is 0 Å². The lowest BCUT2D eigenvalue weighted by Crippen LogP contribution is -2.46. The summed E-state index contributed by atoms with van der Waals surface area (Å²) in [6.07, 6.45) is 1.30. The summed E-state index contributed by atoms with van der Waals surface area (Å²) >= 11 is 0. The Morgan fingerprint density at radius 1 is 1.17 bits per heavy atom. The summed E-state index contributed by atoms with van der Waals surface area (Å²) in [4.78, 5) is 18.8. The monoisotopic (exact) mass is 314 g/mol. The number of hydrogen-bond donors (Lipinski definition) is 1. The molecule has 0 spiro atoms. The van der Waals surface area contributed by atoms with Gasteiger partial charge in [-0.3, -0.25) is 15.0 Å². The molecule has 1 N–H and O–H groups in total. The number of anilines is 1. The summed E-state index contributed by atoms with van der Waals surface area (Å²) in [5.41, 5.74) is 1.10. The average Bonchev–Trinajstić information content (AvgIpc) is 2.56. The van der Waals surface area contributed by atoms with Crippen molar-refractivity contribution in [3.63, 3.8) is 0 Å². The van der Waals surface area contributed by atoms with Gasteiger partial charge < -0.3 is 10.0 Å². The summed E-state index contributed by atoms with van der Waals surface area (Å²) < 4.78 is 0. The third-order valence-electron chi connectivity index (χ3n) is 3.96. The van der Waals surface area contributed by atoms with Crippen LogP contribution in [0.15, 0.2) is 42.6 Å². The molecule has 7 heteroatoms. The van der Waals surface area contributed by atoms with E-state index in [1.165, 1.54) is 12.3 Å². The molecule has 1 aromatic carbocycles. The Bertz CT molecular complexity index is 682. The van der Waals surface area contributed by atoms with E-state index in [1.807, 2.05) is 12.1 Å². The molecule has 0 atom stereocenters. The Kier molecular flexibility index (Phi) is 4.38. The van der Waals surface area contributed by atoms with Crippen molar-refractivity contribution in [3.8, 4) is 5.75 Å². The van der Waals surface area contributed by atoms with Crippen molar-refractivity contribution in [1.82, 2.24) is 9.88 Å². The Morgan fingerprint density at radius 3 is 2.57 bits per heavy atom. The molecule has 0 saturated carbocycles. The second kappa shape index (κ2) is 6.62. The van der Waals surface area contributed by atoms with Gasteiger partial charge in [-0.05, 0) is 23.8 Å². The molecular formula is C16H18N4O3. The topological polar surface area (TPSA) is 82.7 Å². The minimum atomic E-state index is -0.440. The van der Waals surface area contributed by atoms with Gasteiger partial charge in [0.05, 0.1) is 4.92 Å². The number of nitrogens with zero attached hydrogens (tertiary/aromatic N) is 4. The van der Waals surface area contributed by atoms with Gasteiger partial charge in [0.25, 0.3) is 5.69 Å². The third-order valence-corrected chi connectivity index (χ3v) is 3.96. The number of phenols is 1. The van der Waals surface area contributed by atoms with E-state index >= 15 is 0 Å². The fourth-order valence-corrected chi connectivity index (χ4v) is 2.72. The van der Waals surface area contributed by atoms with Gasteiger partial charge in [0.2, 0.25) is 0 Å². The number of piperazine rings is 1. The van der Waals surface area contributed by atoms with Gasteiger partial charge in [0.15, 0.2) is 0 Å². The van der Waals surface area contributed by atoms with Crippen LogP contribution in [0.4, 0.5) is 11.5 Å². The molecule has 2 heterocycles. The van der Waals surface area contributed by atoms with Gasteiger partial charge in [-0.25, -0.2) is 4.98 Å². The first-order valence-electron chi connectivity index (χ1n) is 7.47. The Morgan fingerprint density at radius 2 is 1.96 bits per heavy atom. The molecule has 1 aromatic heterocycles. The van der Waals surface area contributed by atoms with Crippen LogP contribution >= 0.6 is 0 Å². The van der Waals surface area contributed by atoms with E-state index in [0.29, 0.717) is 0 Å². The molecule has 0 aliphatic carbocycles. The standard InChI is InChI=1S/C16H18N4O3/c21-15-3-1-2-13(10-15)12-18-6-8-19(9-7-18)16-5-4-14(11-17-16)20(22)23/h1-5,10-11,21H,6-9,12H2. The van der Waals surface area contributed by atoms with E-state index < -0.39 is 4.92 Å². The molecule has 3 rings (SSSR count). The van der Waals surface area contributed by atoms with E-state index in [4.69, 9.17) is 0 Å². The lowest BCUT2D eigenvalue weighted by molar-refractivity contribution is -0.385. The summed E-state index contributed by atoms with van der Waals surface area (Å²) in [6.45, 7) is 4.21. The first-order chi connectivity index (χ1) is 11.1. The molecule has 7 nitrogen and oxygen atoms in total. The second-order valence-electron chi connectivity index (χ2n) is 5.56. The van der Waals surface area contributed by atoms with Crippen LogP contribution in [0, 0.1) is 10.1 Å². The number of aromatic nitrogens is 1. The Labute approximate surface area is 133 Å². The van der Waals surface area contributed by atoms with Crippen molar-refractivity contribution in [2.24, 2.45) is 0 Å². The molecule has 23 heavy (non-hydrogen) atoms. The number of benzene rings is 1. The molecular weight excluding hydrogens is 296 g/mol.